The molecule has 0 saturated carbocycles. The number of nitrogens with zero attached hydrogens (tertiary/aromatic N) is 1. The first-order valence-electron chi connectivity index (χ1n) is 7.73. The highest BCUT2D eigenvalue weighted by Gasteiger charge is 2.46. The molecule has 20 heavy (non-hydrogen) atoms. The van der Waals surface area contributed by atoms with E-state index in [1.165, 1.54) is 0 Å². The molecule has 0 spiro atoms. The van der Waals surface area contributed by atoms with E-state index in [0.717, 1.165) is 18.6 Å². The normalized spacial score (nSPS) is 23.2. The smallest absolute Gasteiger partial charge is 0.250 e. The lowest BCUT2D eigenvalue weighted by Crippen LogP contribution is -2.45. The molecular formula is C17H31NOSi. The fourth-order valence-electron chi connectivity index (χ4n) is 2.55. The zero-order valence-corrected chi connectivity index (χ0v) is 15.5. The van der Waals surface area contributed by atoms with Crippen molar-refractivity contribution in [3.63, 3.8) is 0 Å². The van der Waals surface area contributed by atoms with E-state index in [4.69, 9.17) is 4.43 Å². The van der Waals surface area contributed by atoms with Crippen LogP contribution in [0.1, 0.15) is 54.4 Å². The van der Waals surface area contributed by atoms with Crippen LogP contribution in [0.5, 0.6) is 0 Å². The molecule has 0 radical (unpaired) electrons. The van der Waals surface area contributed by atoms with Crippen molar-refractivity contribution >= 4 is 8.32 Å². The van der Waals surface area contributed by atoms with Crippen LogP contribution in [-0.4, -0.2) is 8.32 Å². The summed E-state index contributed by atoms with van der Waals surface area (Å²) in [7, 11) is -1.85. The van der Waals surface area contributed by atoms with Crippen molar-refractivity contribution in [2.24, 2.45) is 17.3 Å². The molecule has 0 aliphatic heterocycles. The number of nitriles is 1. The van der Waals surface area contributed by atoms with E-state index >= 15 is 0 Å². The molecule has 0 heterocycles. The molecular weight excluding hydrogens is 262 g/mol. The molecule has 0 aromatic carbocycles. The molecule has 0 amide bonds. The predicted molar refractivity (Wildman–Crippen MR) is 87.6 cm³/mol. The van der Waals surface area contributed by atoms with Crippen LogP contribution >= 0.6 is 0 Å². The Kier molecular flexibility index (Phi) is 4.81. The maximum atomic E-state index is 9.35. The van der Waals surface area contributed by atoms with E-state index in [1.54, 1.807) is 0 Å². The summed E-state index contributed by atoms with van der Waals surface area (Å²) in [6.45, 7) is 18.1. The van der Waals surface area contributed by atoms with E-state index in [0.29, 0.717) is 5.92 Å². The van der Waals surface area contributed by atoms with Gasteiger partial charge in [-0.2, -0.15) is 5.26 Å². The summed E-state index contributed by atoms with van der Waals surface area (Å²) >= 11 is 0. The second-order valence-corrected chi connectivity index (χ2v) is 12.7. The van der Waals surface area contributed by atoms with Gasteiger partial charge in [0, 0.05) is 6.42 Å². The maximum absolute atomic E-state index is 9.35. The average Bonchev–Trinajstić information content (AvgIpc) is 2.30. The largest absolute Gasteiger partial charge is 0.547 e. The van der Waals surface area contributed by atoms with Crippen molar-refractivity contribution in [1.82, 2.24) is 0 Å². The Morgan fingerprint density at radius 3 is 2.40 bits per heavy atom. The van der Waals surface area contributed by atoms with E-state index < -0.39 is 8.32 Å². The lowest BCUT2D eigenvalue weighted by atomic mass is 9.72. The van der Waals surface area contributed by atoms with Gasteiger partial charge >= 0.3 is 0 Å². The number of hydrogen-bond donors (Lipinski definition) is 0. The third-order valence-electron chi connectivity index (χ3n) is 5.73. The minimum atomic E-state index is -1.85. The van der Waals surface area contributed by atoms with Gasteiger partial charge < -0.3 is 4.43 Å². The fraction of sp³-hybridized carbons (Fsp3) is 0.824. The van der Waals surface area contributed by atoms with Gasteiger partial charge in [0.25, 0.3) is 8.32 Å². The van der Waals surface area contributed by atoms with Crippen LogP contribution in [0.3, 0.4) is 0 Å². The SMILES string of the molecule is CC(C)C(C)(C)[Si](C)(C)OC1=C[C@H](C#N)C(C)(C)CC1. The van der Waals surface area contributed by atoms with E-state index in [1.807, 2.05) is 0 Å². The minimum Gasteiger partial charge on any atom is -0.547 e. The first kappa shape index (κ1) is 17.3. The molecule has 0 unspecified atom stereocenters. The Balaban J connectivity index is 2.95. The summed E-state index contributed by atoms with van der Waals surface area (Å²) in [5.41, 5.74) is 0.0703. The van der Waals surface area contributed by atoms with E-state index in [-0.39, 0.29) is 16.4 Å². The van der Waals surface area contributed by atoms with Crippen LogP contribution in [0.25, 0.3) is 0 Å². The summed E-state index contributed by atoms with van der Waals surface area (Å²) < 4.78 is 6.48. The van der Waals surface area contributed by atoms with Gasteiger partial charge in [0.05, 0.1) is 17.7 Å². The van der Waals surface area contributed by atoms with Gasteiger partial charge in [-0.05, 0) is 42.0 Å². The van der Waals surface area contributed by atoms with Crippen LogP contribution in [0.4, 0.5) is 0 Å². The van der Waals surface area contributed by atoms with Crippen LogP contribution in [0.15, 0.2) is 11.8 Å². The van der Waals surface area contributed by atoms with Crippen LogP contribution < -0.4 is 0 Å². The first-order chi connectivity index (χ1) is 8.94. The van der Waals surface area contributed by atoms with E-state index in [2.05, 4.69) is 66.8 Å². The minimum absolute atomic E-state index is 0.0294. The summed E-state index contributed by atoms with van der Waals surface area (Å²) in [4.78, 5) is 0. The van der Waals surface area contributed by atoms with Crippen molar-refractivity contribution in [3.8, 4) is 6.07 Å². The Bertz CT molecular complexity index is 427. The molecule has 114 valence electrons. The highest BCUT2D eigenvalue weighted by atomic mass is 28.4. The molecule has 0 aromatic heterocycles. The second-order valence-electron chi connectivity index (χ2n) is 8.22. The topological polar surface area (TPSA) is 33.0 Å². The van der Waals surface area contributed by atoms with Gasteiger partial charge in [0.15, 0.2) is 0 Å². The lowest BCUT2D eigenvalue weighted by Gasteiger charge is -2.44. The van der Waals surface area contributed by atoms with Crippen molar-refractivity contribution in [2.75, 3.05) is 0 Å². The standard InChI is InChI=1S/C17H31NOSi/c1-13(2)17(5,6)20(7,8)19-15-9-10-16(3,4)14(11-15)12-18/h11,13-14H,9-10H2,1-8H3/t14-/m1/s1. The molecule has 0 saturated heterocycles. The van der Waals surface area contributed by atoms with Gasteiger partial charge in [-0.25, -0.2) is 0 Å². The zero-order valence-electron chi connectivity index (χ0n) is 14.5. The highest BCUT2D eigenvalue weighted by molar-refractivity contribution is 6.74. The predicted octanol–water partition coefficient (Wildman–Crippen LogP) is 5.49. The van der Waals surface area contributed by atoms with Crippen LogP contribution in [0, 0.1) is 28.6 Å². The molecule has 0 bridgehead atoms. The highest BCUT2D eigenvalue weighted by Crippen LogP contribution is 2.47. The van der Waals surface area contributed by atoms with Gasteiger partial charge in [-0.1, -0.05) is 41.5 Å². The monoisotopic (exact) mass is 293 g/mol. The van der Waals surface area contributed by atoms with Gasteiger partial charge in [0.1, 0.15) is 0 Å². The molecule has 1 aliphatic rings. The molecule has 3 heteroatoms. The average molecular weight is 294 g/mol. The molecule has 1 rings (SSSR count). The number of hydrogen-bond acceptors (Lipinski definition) is 2. The summed E-state index contributed by atoms with van der Waals surface area (Å²) in [6.07, 6.45) is 4.08. The first-order valence-corrected chi connectivity index (χ1v) is 10.6. The summed E-state index contributed by atoms with van der Waals surface area (Å²) in [5.74, 6) is 1.62. The third-order valence-corrected chi connectivity index (χ3v) is 10.2. The van der Waals surface area contributed by atoms with Gasteiger partial charge in [-0.3, -0.25) is 0 Å². The third kappa shape index (κ3) is 3.28. The molecule has 0 aromatic rings. The van der Waals surface area contributed by atoms with Gasteiger partial charge in [-0.15, -0.1) is 0 Å². The quantitative estimate of drug-likeness (QED) is 0.642. The van der Waals surface area contributed by atoms with Crippen molar-refractivity contribution in [2.45, 2.75) is 72.5 Å². The number of rotatable bonds is 4. The summed E-state index contributed by atoms with van der Waals surface area (Å²) in [5, 5.41) is 9.56. The Morgan fingerprint density at radius 2 is 1.95 bits per heavy atom. The van der Waals surface area contributed by atoms with Crippen LogP contribution in [-0.2, 0) is 4.43 Å². The molecule has 2 nitrogen and oxygen atoms in total. The second kappa shape index (κ2) is 5.56. The maximum Gasteiger partial charge on any atom is 0.250 e. The van der Waals surface area contributed by atoms with Crippen molar-refractivity contribution in [3.05, 3.63) is 11.8 Å². The fourth-order valence-corrected chi connectivity index (χ4v) is 5.03. The molecule has 1 atom stereocenters. The Hall–Kier alpha value is -0.753. The van der Waals surface area contributed by atoms with Crippen molar-refractivity contribution in [1.29, 1.82) is 5.26 Å². The molecule has 1 aliphatic carbocycles. The van der Waals surface area contributed by atoms with E-state index in [9.17, 15) is 5.26 Å². The Labute approximate surface area is 126 Å². The van der Waals surface area contributed by atoms with Crippen molar-refractivity contribution < 1.29 is 4.43 Å². The zero-order chi connectivity index (χ0) is 15.8. The number of allylic oxidation sites excluding steroid dienone is 2. The lowest BCUT2D eigenvalue weighted by molar-refractivity contribution is 0.226. The van der Waals surface area contributed by atoms with Crippen LogP contribution in [0.2, 0.25) is 18.1 Å². The molecule has 0 fully saturated rings. The Morgan fingerprint density at radius 1 is 1.40 bits per heavy atom. The van der Waals surface area contributed by atoms with Gasteiger partial charge in [0.2, 0.25) is 0 Å². The molecule has 0 N–H and O–H groups in total. The summed E-state index contributed by atoms with van der Waals surface area (Å²) in [6, 6.07) is 2.43.